The molecule has 3 fully saturated rings. The molecule has 1 heterocycles. The van der Waals surface area contributed by atoms with Crippen LogP contribution in [0.5, 0.6) is 0 Å². The Bertz CT molecular complexity index is 689. The Morgan fingerprint density at radius 3 is 2.57 bits per heavy atom. The zero-order valence-corrected chi connectivity index (χ0v) is 15.9. The topological polar surface area (TPSA) is 95.9 Å². The zero-order chi connectivity index (χ0) is 20.7. The molecule has 12 heteroatoms. The van der Waals surface area contributed by atoms with Crippen LogP contribution in [0.2, 0.25) is 0 Å². The monoisotopic (exact) mass is 432 g/mol. The summed E-state index contributed by atoms with van der Waals surface area (Å²) < 4.78 is 83.9. The Morgan fingerprint density at radius 1 is 1.25 bits per heavy atom. The van der Waals surface area contributed by atoms with Gasteiger partial charge in [-0.15, -0.1) is 0 Å². The van der Waals surface area contributed by atoms with Gasteiger partial charge in [-0.2, -0.15) is 25.9 Å². The highest BCUT2D eigenvalue weighted by molar-refractivity contribution is 7.88. The molecule has 1 amide bonds. The SMILES string of the molecule is O=C1CN(C2C(O)CC3CCC(OCCCC(F)(F)F)CC3C2F)S(=O)(=O)N1. The first kappa shape index (κ1) is 21.7. The maximum atomic E-state index is 15.3. The first-order valence-corrected chi connectivity index (χ1v) is 10.7. The van der Waals surface area contributed by atoms with Gasteiger partial charge < -0.3 is 9.84 Å². The number of aliphatic hydroxyl groups excluding tert-OH is 1. The Balaban J connectivity index is 1.62. The van der Waals surface area contributed by atoms with Crippen molar-refractivity contribution < 1.29 is 40.6 Å². The summed E-state index contributed by atoms with van der Waals surface area (Å²) in [7, 11) is -4.19. The van der Waals surface area contributed by atoms with Crippen molar-refractivity contribution in [2.45, 2.75) is 69.1 Å². The van der Waals surface area contributed by atoms with Crippen molar-refractivity contribution in [2.24, 2.45) is 11.8 Å². The summed E-state index contributed by atoms with van der Waals surface area (Å²) in [5, 5.41) is 10.3. The number of amides is 1. The first-order valence-electron chi connectivity index (χ1n) is 9.31. The summed E-state index contributed by atoms with van der Waals surface area (Å²) in [5.74, 6) is -1.53. The lowest BCUT2D eigenvalue weighted by molar-refractivity contribution is -0.140. The van der Waals surface area contributed by atoms with Gasteiger partial charge >= 0.3 is 16.4 Å². The highest BCUT2D eigenvalue weighted by Gasteiger charge is 2.53. The van der Waals surface area contributed by atoms with Gasteiger partial charge in [0.2, 0.25) is 5.91 Å². The van der Waals surface area contributed by atoms with Crippen LogP contribution in [0.25, 0.3) is 0 Å². The minimum Gasteiger partial charge on any atom is -0.391 e. The van der Waals surface area contributed by atoms with Crippen molar-refractivity contribution in [3.63, 3.8) is 0 Å². The maximum Gasteiger partial charge on any atom is 0.389 e. The zero-order valence-electron chi connectivity index (χ0n) is 15.1. The second-order valence-corrected chi connectivity index (χ2v) is 9.39. The first-order chi connectivity index (χ1) is 13.0. The highest BCUT2D eigenvalue weighted by atomic mass is 32.2. The van der Waals surface area contributed by atoms with Gasteiger partial charge in [0.15, 0.2) is 0 Å². The molecule has 1 aliphatic heterocycles. The van der Waals surface area contributed by atoms with E-state index in [1.165, 1.54) is 0 Å². The average Bonchev–Trinajstić information content (AvgIpc) is 2.83. The van der Waals surface area contributed by atoms with Crippen LogP contribution in [-0.4, -0.2) is 67.5 Å². The molecule has 0 aromatic carbocycles. The van der Waals surface area contributed by atoms with Crippen molar-refractivity contribution in [2.75, 3.05) is 13.2 Å². The lowest BCUT2D eigenvalue weighted by Crippen LogP contribution is -2.59. The lowest BCUT2D eigenvalue weighted by atomic mass is 9.66. The van der Waals surface area contributed by atoms with Crippen LogP contribution < -0.4 is 4.72 Å². The molecule has 0 spiro atoms. The van der Waals surface area contributed by atoms with E-state index in [0.717, 1.165) is 0 Å². The van der Waals surface area contributed by atoms with Crippen LogP contribution in [0, 0.1) is 11.8 Å². The Labute approximate surface area is 160 Å². The van der Waals surface area contributed by atoms with Crippen molar-refractivity contribution in [1.82, 2.24) is 9.03 Å². The number of halogens is 4. The Hall–Kier alpha value is -0.980. The van der Waals surface area contributed by atoms with E-state index in [-0.39, 0.29) is 31.8 Å². The van der Waals surface area contributed by atoms with Crippen LogP contribution in [0.15, 0.2) is 0 Å². The van der Waals surface area contributed by atoms with Crippen LogP contribution in [0.4, 0.5) is 17.6 Å². The van der Waals surface area contributed by atoms with E-state index in [4.69, 9.17) is 4.74 Å². The molecule has 7 nitrogen and oxygen atoms in total. The predicted octanol–water partition coefficient (Wildman–Crippen LogP) is 1.28. The average molecular weight is 432 g/mol. The largest absolute Gasteiger partial charge is 0.391 e. The van der Waals surface area contributed by atoms with Gasteiger partial charge in [-0.1, -0.05) is 0 Å². The molecule has 0 aromatic heterocycles. The number of rotatable bonds is 5. The quantitative estimate of drug-likeness (QED) is 0.504. The minimum atomic E-state index is -4.25. The number of nitrogens with one attached hydrogen (secondary N) is 1. The van der Waals surface area contributed by atoms with E-state index >= 15 is 4.39 Å². The molecule has 1 saturated heterocycles. The Kier molecular flexibility index (Phi) is 6.23. The van der Waals surface area contributed by atoms with E-state index in [1.807, 2.05) is 0 Å². The summed E-state index contributed by atoms with van der Waals surface area (Å²) >= 11 is 0. The van der Waals surface area contributed by atoms with Crippen LogP contribution in [0.3, 0.4) is 0 Å². The maximum absolute atomic E-state index is 15.3. The van der Waals surface area contributed by atoms with Gasteiger partial charge in [-0.05, 0) is 43.9 Å². The summed E-state index contributed by atoms with van der Waals surface area (Å²) in [6.45, 7) is -0.622. The molecular weight excluding hydrogens is 408 g/mol. The van der Waals surface area contributed by atoms with E-state index in [9.17, 15) is 31.5 Å². The molecule has 28 heavy (non-hydrogen) atoms. The second-order valence-electron chi connectivity index (χ2n) is 7.76. The number of carbonyl (C=O) groups excluding carboxylic acids is 1. The minimum absolute atomic E-state index is 0.0799. The number of ether oxygens (including phenoxy) is 1. The van der Waals surface area contributed by atoms with E-state index in [2.05, 4.69) is 0 Å². The third-order valence-corrected chi connectivity index (χ3v) is 7.29. The standard InChI is InChI=1S/C16H24F4N2O5S/c17-14-11-7-10(27-5-1-4-16(18,19)20)3-2-9(11)6-12(23)15(14)22-8-13(24)21-28(22,25)26/h9-12,14-15,23H,1-8H2,(H,21,24). The fourth-order valence-corrected chi connectivity index (χ4v) is 5.91. The number of alkyl halides is 4. The fraction of sp³-hybridized carbons (Fsp3) is 0.938. The van der Waals surface area contributed by atoms with Crippen molar-refractivity contribution in [3.8, 4) is 0 Å². The molecule has 2 aliphatic carbocycles. The predicted molar refractivity (Wildman–Crippen MR) is 88.9 cm³/mol. The van der Waals surface area contributed by atoms with Gasteiger partial charge in [0, 0.05) is 13.0 Å². The number of carbonyl (C=O) groups is 1. The summed E-state index contributed by atoms with van der Waals surface area (Å²) in [6, 6.07) is -1.37. The van der Waals surface area contributed by atoms with Crippen molar-refractivity contribution >= 4 is 16.1 Å². The van der Waals surface area contributed by atoms with Gasteiger partial charge in [0.05, 0.1) is 24.8 Å². The lowest BCUT2D eigenvalue weighted by Gasteiger charge is -2.47. The molecule has 3 aliphatic rings. The van der Waals surface area contributed by atoms with Crippen LogP contribution in [-0.2, 0) is 19.7 Å². The second kappa shape index (κ2) is 8.04. The van der Waals surface area contributed by atoms with Crippen LogP contribution in [0.1, 0.15) is 38.5 Å². The number of hydrogen-bond acceptors (Lipinski definition) is 5. The van der Waals surface area contributed by atoms with Crippen LogP contribution >= 0.6 is 0 Å². The number of fused-ring (bicyclic) bond motifs is 1. The van der Waals surface area contributed by atoms with Gasteiger partial charge in [-0.3, -0.25) is 4.79 Å². The molecule has 6 atom stereocenters. The summed E-state index contributed by atoms with van der Waals surface area (Å²) in [5.41, 5.74) is 0. The molecule has 0 aromatic rings. The molecule has 3 rings (SSSR count). The third kappa shape index (κ3) is 4.77. The van der Waals surface area contributed by atoms with Gasteiger partial charge in [0.1, 0.15) is 6.17 Å². The third-order valence-electron chi connectivity index (χ3n) is 5.82. The van der Waals surface area contributed by atoms with E-state index in [0.29, 0.717) is 17.1 Å². The van der Waals surface area contributed by atoms with Crippen molar-refractivity contribution in [3.05, 3.63) is 0 Å². The molecule has 6 unspecified atom stereocenters. The molecule has 0 radical (unpaired) electrons. The molecule has 0 bridgehead atoms. The van der Waals surface area contributed by atoms with Crippen molar-refractivity contribution in [1.29, 1.82) is 0 Å². The molecule has 2 saturated carbocycles. The molecule has 2 N–H and O–H groups in total. The number of nitrogens with zero attached hydrogens (tertiary/aromatic N) is 1. The highest BCUT2D eigenvalue weighted by Crippen LogP contribution is 2.45. The normalized spacial score (nSPS) is 38.8. The molecule has 162 valence electrons. The number of aliphatic hydroxyl groups is 1. The Morgan fingerprint density at radius 2 is 1.96 bits per heavy atom. The van der Waals surface area contributed by atoms with E-state index in [1.54, 1.807) is 4.72 Å². The summed E-state index contributed by atoms with van der Waals surface area (Å²) in [4.78, 5) is 11.4. The van der Waals surface area contributed by atoms with E-state index < -0.39 is 65.6 Å². The fourth-order valence-electron chi connectivity index (χ4n) is 4.58. The molecular formula is C16H24F4N2O5S. The van der Waals surface area contributed by atoms with Gasteiger partial charge in [0.25, 0.3) is 0 Å². The van der Waals surface area contributed by atoms with Gasteiger partial charge in [-0.25, -0.2) is 9.11 Å². The number of hydrogen-bond donors (Lipinski definition) is 2. The summed E-state index contributed by atoms with van der Waals surface area (Å²) in [6.07, 6.45) is -7.15. The smallest absolute Gasteiger partial charge is 0.389 e.